The molecule has 0 radical (unpaired) electrons. The number of nitrogens with one attached hydrogen (secondary N) is 1. The third-order valence-electron chi connectivity index (χ3n) is 5.17. The van der Waals surface area contributed by atoms with Crippen molar-refractivity contribution in [2.75, 3.05) is 5.32 Å². The zero-order valence-electron chi connectivity index (χ0n) is 18.6. The van der Waals surface area contributed by atoms with Crippen molar-refractivity contribution in [3.05, 3.63) is 115 Å². The van der Waals surface area contributed by atoms with Gasteiger partial charge in [-0.3, -0.25) is 19.6 Å². The van der Waals surface area contributed by atoms with Crippen molar-refractivity contribution in [1.29, 1.82) is 0 Å². The number of nitro benzene ring substituents is 1. The van der Waals surface area contributed by atoms with Crippen molar-refractivity contribution < 1.29 is 14.5 Å². The van der Waals surface area contributed by atoms with Gasteiger partial charge < -0.3 is 10.1 Å². The Kier molecular flexibility index (Phi) is 7.33. The second kappa shape index (κ2) is 10.6. The second-order valence-electron chi connectivity index (χ2n) is 7.80. The number of anilines is 1. The van der Waals surface area contributed by atoms with Gasteiger partial charge in [-0.05, 0) is 48.4 Å². The molecule has 4 aromatic rings. The fourth-order valence-electron chi connectivity index (χ4n) is 3.42. The van der Waals surface area contributed by atoms with Crippen molar-refractivity contribution in [2.24, 2.45) is 0 Å². The van der Waals surface area contributed by atoms with Gasteiger partial charge in [0.2, 0.25) is 0 Å². The van der Waals surface area contributed by atoms with E-state index in [2.05, 4.69) is 10.4 Å². The fraction of sp³-hybridized carbons (Fsp3) is 0.120. The number of nitrogens with zero attached hydrogens (tertiary/aromatic N) is 3. The van der Waals surface area contributed by atoms with E-state index in [1.807, 2.05) is 0 Å². The molecule has 0 unspecified atom stereocenters. The largest absolute Gasteiger partial charge is 0.482 e. The quantitative estimate of drug-likeness (QED) is 0.222. The molecule has 0 spiro atoms. The number of benzene rings is 3. The first-order valence-electron chi connectivity index (χ1n) is 10.5. The summed E-state index contributed by atoms with van der Waals surface area (Å²) in [4.78, 5) is 23.6. The van der Waals surface area contributed by atoms with Gasteiger partial charge in [0.05, 0.1) is 23.4 Å². The van der Waals surface area contributed by atoms with E-state index in [9.17, 15) is 14.9 Å². The Hall–Kier alpha value is -3.88. The number of hydrogen-bond donors (Lipinski definition) is 1. The van der Waals surface area contributed by atoms with Crippen LogP contribution in [0.1, 0.15) is 27.0 Å². The topological polar surface area (TPSA) is 99.3 Å². The molecule has 1 N–H and O–H groups in total. The second-order valence-corrected chi connectivity index (χ2v) is 8.61. The molecule has 0 saturated carbocycles. The van der Waals surface area contributed by atoms with E-state index in [0.29, 0.717) is 33.4 Å². The molecular weight excluding hydrogens is 491 g/mol. The first-order chi connectivity index (χ1) is 16.8. The molecule has 0 aliphatic carbocycles. The van der Waals surface area contributed by atoms with Gasteiger partial charge in [-0.2, -0.15) is 5.10 Å². The Morgan fingerprint density at radius 2 is 1.86 bits per heavy atom. The highest BCUT2D eigenvalue weighted by Gasteiger charge is 2.16. The number of aryl methyl sites for hydroxylation is 1. The standard InChI is InChI=1S/C25H20Cl2N4O4/c1-16-8-9-24(23(10-16)31(33)34)35-15-17-4-2-5-18(11-17)25(32)29-19-12-28-30(13-19)14-20-21(26)6-3-7-22(20)27/h2-13H,14-15H2,1H3,(H,29,32). The summed E-state index contributed by atoms with van der Waals surface area (Å²) in [6.07, 6.45) is 3.22. The Morgan fingerprint density at radius 1 is 1.11 bits per heavy atom. The van der Waals surface area contributed by atoms with E-state index in [4.69, 9.17) is 27.9 Å². The van der Waals surface area contributed by atoms with Crippen LogP contribution in [-0.2, 0) is 13.2 Å². The number of amides is 1. The Morgan fingerprint density at radius 3 is 2.60 bits per heavy atom. The van der Waals surface area contributed by atoms with Crippen LogP contribution in [0, 0.1) is 17.0 Å². The van der Waals surface area contributed by atoms with Crippen LogP contribution in [0.2, 0.25) is 10.0 Å². The van der Waals surface area contributed by atoms with Gasteiger partial charge in [0.1, 0.15) is 6.61 Å². The lowest BCUT2D eigenvalue weighted by Crippen LogP contribution is -2.12. The van der Waals surface area contributed by atoms with Crippen LogP contribution < -0.4 is 10.1 Å². The van der Waals surface area contributed by atoms with Crippen LogP contribution in [0.4, 0.5) is 11.4 Å². The number of carbonyl (C=O) groups is 1. The normalized spacial score (nSPS) is 10.7. The minimum absolute atomic E-state index is 0.0710. The van der Waals surface area contributed by atoms with Crippen LogP contribution >= 0.6 is 23.2 Å². The molecule has 1 aromatic heterocycles. The van der Waals surface area contributed by atoms with Crippen molar-refractivity contribution in [3.8, 4) is 5.75 Å². The highest BCUT2D eigenvalue weighted by atomic mass is 35.5. The van der Waals surface area contributed by atoms with Crippen LogP contribution in [0.25, 0.3) is 0 Å². The smallest absolute Gasteiger partial charge is 0.311 e. The Labute approximate surface area is 211 Å². The minimum Gasteiger partial charge on any atom is -0.482 e. The van der Waals surface area contributed by atoms with E-state index in [1.54, 1.807) is 72.4 Å². The molecule has 1 heterocycles. The van der Waals surface area contributed by atoms with Crippen molar-refractivity contribution in [3.63, 3.8) is 0 Å². The summed E-state index contributed by atoms with van der Waals surface area (Å²) in [5.74, 6) is -0.162. The van der Waals surface area contributed by atoms with Gasteiger partial charge in [0.15, 0.2) is 5.75 Å². The predicted molar refractivity (Wildman–Crippen MR) is 134 cm³/mol. The molecule has 178 valence electrons. The molecule has 0 atom stereocenters. The average Bonchev–Trinajstić information content (AvgIpc) is 3.27. The van der Waals surface area contributed by atoms with Crippen LogP contribution in [-0.4, -0.2) is 20.6 Å². The summed E-state index contributed by atoms with van der Waals surface area (Å²) in [5.41, 5.74) is 3.01. The van der Waals surface area contributed by atoms with Crippen LogP contribution in [0.15, 0.2) is 73.1 Å². The fourth-order valence-corrected chi connectivity index (χ4v) is 3.94. The molecule has 8 nitrogen and oxygen atoms in total. The summed E-state index contributed by atoms with van der Waals surface area (Å²) in [5, 5.41) is 19.4. The third kappa shape index (κ3) is 5.98. The van der Waals surface area contributed by atoms with Crippen molar-refractivity contribution >= 4 is 40.5 Å². The zero-order chi connectivity index (χ0) is 24.9. The Bertz CT molecular complexity index is 1380. The summed E-state index contributed by atoms with van der Waals surface area (Å²) < 4.78 is 7.29. The highest BCUT2D eigenvalue weighted by molar-refractivity contribution is 6.35. The van der Waals surface area contributed by atoms with E-state index in [0.717, 1.165) is 11.1 Å². The number of hydrogen-bond acceptors (Lipinski definition) is 5. The first kappa shape index (κ1) is 24.3. The van der Waals surface area contributed by atoms with Gasteiger partial charge in [0, 0.05) is 33.4 Å². The Balaban J connectivity index is 1.41. The van der Waals surface area contributed by atoms with Crippen molar-refractivity contribution in [2.45, 2.75) is 20.1 Å². The summed E-state index contributed by atoms with van der Waals surface area (Å²) in [7, 11) is 0. The van der Waals surface area contributed by atoms with Gasteiger partial charge in [-0.25, -0.2) is 0 Å². The number of rotatable bonds is 8. The maximum absolute atomic E-state index is 12.8. The molecule has 4 rings (SSSR count). The third-order valence-corrected chi connectivity index (χ3v) is 5.88. The molecular formula is C25H20Cl2N4O4. The zero-order valence-corrected chi connectivity index (χ0v) is 20.1. The number of aromatic nitrogens is 2. The maximum atomic E-state index is 12.8. The molecule has 0 fully saturated rings. The molecule has 0 aliphatic rings. The van der Waals surface area contributed by atoms with E-state index in [1.165, 1.54) is 12.3 Å². The average molecular weight is 511 g/mol. The lowest BCUT2D eigenvalue weighted by Gasteiger charge is -2.09. The highest BCUT2D eigenvalue weighted by Crippen LogP contribution is 2.29. The molecule has 3 aromatic carbocycles. The molecule has 0 saturated heterocycles. The monoisotopic (exact) mass is 510 g/mol. The summed E-state index contributed by atoms with van der Waals surface area (Å²) in [6.45, 7) is 2.20. The molecule has 0 bridgehead atoms. The molecule has 35 heavy (non-hydrogen) atoms. The molecule has 1 amide bonds. The maximum Gasteiger partial charge on any atom is 0.311 e. The summed E-state index contributed by atoms with van der Waals surface area (Å²) >= 11 is 12.4. The van der Waals surface area contributed by atoms with Crippen LogP contribution in [0.3, 0.4) is 0 Å². The number of carbonyl (C=O) groups excluding carboxylic acids is 1. The minimum atomic E-state index is -0.480. The van der Waals surface area contributed by atoms with Crippen molar-refractivity contribution in [1.82, 2.24) is 9.78 Å². The van der Waals surface area contributed by atoms with Gasteiger partial charge >= 0.3 is 5.69 Å². The first-order valence-corrected chi connectivity index (χ1v) is 11.3. The molecule has 0 aliphatic heterocycles. The van der Waals surface area contributed by atoms with Crippen LogP contribution in [0.5, 0.6) is 5.75 Å². The van der Waals surface area contributed by atoms with Gasteiger partial charge in [-0.15, -0.1) is 0 Å². The van der Waals surface area contributed by atoms with Gasteiger partial charge in [0.25, 0.3) is 5.91 Å². The number of halogens is 2. The molecule has 10 heteroatoms. The van der Waals surface area contributed by atoms with E-state index >= 15 is 0 Å². The number of ether oxygens (including phenoxy) is 1. The van der Waals surface area contributed by atoms with E-state index < -0.39 is 4.92 Å². The lowest BCUT2D eigenvalue weighted by molar-refractivity contribution is -0.386. The predicted octanol–water partition coefficient (Wildman–Crippen LogP) is 6.29. The van der Waals surface area contributed by atoms with E-state index in [-0.39, 0.29) is 24.0 Å². The number of nitro groups is 1. The van der Waals surface area contributed by atoms with Gasteiger partial charge in [-0.1, -0.05) is 47.5 Å². The lowest BCUT2D eigenvalue weighted by atomic mass is 10.1. The SMILES string of the molecule is Cc1ccc(OCc2cccc(C(=O)Nc3cnn(Cc4c(Cl)cccc4Cl)c3)c2)c([N+](=O)[O-])c1. The summed E-state index contributed by atoms with van der Waals surface area (Å²) in [6, 6.07) is 16.9.